The fourth-order valence-electron chi connectivity index (χ4n) is 6.11. The third kappa shape index (κ3) is 1.61. The quantitative estimate of drug-likeness (QED) is 0.556. The van der Waals surface area contributed by atoms with Crippen molar-refractivity contribution in [2.75, 3.05) is 0 Å². The molecule has 6 heteroatoms. The molecule has 4 N–H and O–H groups in total. The van der Waals surface area contributed by atoms with E-state index in [9.17, 15) is 25.2 Å². The van der Waals surface area contributed by atoms with Gasteiger partial charge < -0.3 is 25.2 Å². The van der Waals surface area contributed by atoms with Crippen molar-refractivity contribution in [1.82, 2.24) is 0 Å². The standard InChI is InChI=1S/C20H22O6/c1-18(2)11-6-19(24)7-14(22)20(25,16(11)17(19)23)12-8-26-13-5-9(21)3-4-10(13)15(12)18/h3-5,8,11,15-17,21,23-25H,6-7H2,1-2H3/t11-,15?,16?,17+,19-,20-/m0/s1. The maximum absolute atomic E-state index is 12.9. The number of aromatic hydroxyl groups is 1. The van der Waals surface area contributed by atoms with Crippen LogP contribution >= 0.6 is 0 Å². The summed E-state index contributed by atoms with van der Waals surface area (Å²) in [6, 6.07) is 4.84. The summed E-state index contributed by atoms with van der Waals surface area (Å²) in [6.07, 6.45) is 0.258. The third-order valence-electron chi connectivity index (χ3n) is 7.34. The molecule has 0 aromatic heterocycles. The number of rotatable bonds is 0. The second-order valence-electron chi connectivity index (χ2n) is 8.92. The van der Waals surface area contributed by atoms with Crippen molar-refractivity contribution < 1.29 is 30.0 Å². The molecule has 2 bridgehead atoms. The van der Waals surface area contributed by atoms with Gasteiger partial charge in [-0.25, -0.2) is 0 Å². The lowest BCUT2D eigenvalue weighted by Crippen LogP contribution is -2.66. The largest absolute Gasteiger partial charge is 0.508 e. The summed E-state index contributed by atoms with van der Waals surface area (Å²) in [6.45, 7) is 4.08. The van der Waals surface area contributed by atoms with Crippen LogP contribution in [0.2, 0.25) is 0 Å². The highest BCUT2D eigenvalue weighted by molar-refractivity contribution is 5.94. The third-order valence-corrected chi connectivity index (χ3v) is 7.34. The van der Waals surface area contributed by atoms with Crippen molar-refractivity contribution in [2.24, 2.45) is 17.3 Å². The number of hydrogen-bond acceptors (Lipinski definition) is 6. The fraction of sp³-hybridized carbons (Fsp3) is 0.550. The van der Waals surface area contributed by atoms with E-state index in [-0.39, 0.29) is 30.4 Å². The van der Waals surface area contributed by atoms with Crippen molar-refractivity contribution in [3.8, 4) is 11.5 Å². The second-order valence-corrected chi connectivity index (χ2v) is 8.92. The van der Waals surface area contributed by atoms with Crippen LogP contribution in [0.4, 0.5) is 0 Å². The summed E-state index contributed by atoms with van der Waals surface area (Å²) in [5.41, 5.74) is -2.53. The van der Waals surface area contributed by atoms with Crippen LogP contribution < -0.4 is 4.74 Å². The lowest BCUT2D eigenvalue weighted by Gasteiger charge is -2.57. The number of fused-ring (bicyclic) bond motifs is 5. The molecule has 1 aromatic carbocycles. The minimum Gasteiger partial charge on any atom is -0.508 e. The summed E-state index contributed by atoms with van der Waals surface area (Å²) in [5, 5.41) is 42.9. The van der Waals surface area contributed by atoms with Gasteiger partial charge in [0.05, 0.1) is 18.0 Å². The van der Waals surface area contributed by atoms with Gasteiger partial charge in [0, 0.05) is 35.5 Å². The first kappa shape index (κ1) is 16.3. The van der Waals surface area contributed by atoms with E-state index in [1.165, 1.54) is 12.3 Å². The molecule has 3 saturated carbocycles. The molecule has 6 atom stereocenters. The number of aliphatic hydroxyl groups is 3. The van der Waals surface area contributed by atoms with Gasteiger partial charge in [-0.3, -0.25) is 4.79 Å². The van der Waals surface area contributed by atoms with Crippen LogP contribution in [0.5, 0.6) is 11.5 Å². The van der Waals surface area contributed by atoms with E-state index >= 15 is 0 Å². The molecular weight excluding hydrogens is 336 g/mol. The first-order valence-corrected chi connectivity index (χ1v) is 8.97. The molecule has 4 aliphatic rings. The fourth-order valence-corrected chi connectivity index (χ4v) is 6.11. The van der Waals surface area contributed by atoms with E-state index in [1.807, 2.05) is 13.8 Å². The first-order valence-electron chi connectivity index (χ1n) is 8.97. The highest BCUT2D eigenvalue weighted by Gasteiger charge is 2.74. The molecule has 0 saturated heterocycles. The van der Waals surface area contributed by atoms with Crippen LogP contribution in [0.3, 0.4) is 0 Å². The Morgan fingerprint density at radius 2 is 1.96 bits per heavy atom. The molecule has 1 aliphatic heterocycles. The monoisotopic (exact) mass is 358 g/mol. The summed E-state index contributed by atoms with van der Waals surface area (Å²) < 4.78 is 5.66. The van der Waals surface area contributed by atoms with Gasteiger partial charge in [-0.1, -0.05) is 19.9 Å². The molecule has 0 amide bonds. The number of benzene rings is 1. The summed E-state index contributed by atoms with van der Waals surface area (Å²) in [5.74, 6) is -1.19. The predicted octanol–water partition coefficient (Wildman–Crippen LogP) is 1.22. The first-order chi connectivity index (χ1) is 12.1. The molecule has 0 spiro atoms. The Kier molecular flexibility index (Phi) is 2.82. The van der Waals surface area contributed by atoms with Gasteiger partial charge >= 0.3 is 0 Å². The van der Waals surface area contributed by atoms with E-state index in [0.717, 1.165) is 5.56 Å². The van der Waals surface area contributed by atoms with E-state index in [2.05, 4.69) is 0 Å². The van der Waals surface area contributed by atoms with Crippen molar-refractivity contribution in [1.29, 1.82) is 0 Å². The number of carbonyl (C=O) groups excluding carboxylic acids is 1. The van der Waals surface area contributed by atoms with E-state index in [4.69, 9.17) is 4.74 Å². The van der Waals surface area contributed by atoms with E-state index in [1.54, 1.807) is 12.1 Å². The maximum atomic E-state index is 12.9. The van der Waals surface area contributed by atoms with Crippen LogP contribution in [0, 0.1) is 17.3 Å². The van der Waals surface area contributed by atoms with E-state index in [0.29, 0.717) is 11.3 Å². The number of ether oxygens (including phenoxy) is 1. The number of hydrogen-bond donors (Lipinski definition) is 4. The molecule has 2 unspecified atom stereocenters. The van der Waals surface area contributed by atoms with Gasteiger partial charge in [-0.2, -0.15) is 0 Å². The number of Topliss-reactive ketones (excluding diaryl/α,β-unsaturated/α-hetero) is 1. The smallest absolute Gasteiger partial charge is 0.172 e. The van der Waals surface area contributed by atoms with Crippen LogP contribution in [0.15, 0.2) is 30.0 Å². The Labute approximate surface area is 150 Å². The Morgan fingerprint density at radius 3 is 2.69 bits per heavy atom. The topological polar surface area (TPSA) is 107 Å². The normalized spacial score (nSPS) is 44.7. The minimum atomic E-state index is -1.84. The summed E-state index contributed by atoms with van der Waals surface area (Å²) in [7, 11) is 0. The highest BCUT2D eigenvalue weighted by atomic mass is 16.5. The van der Waals surface area contributed by atoms with Gasteiger partial charge in [-0.05, 0) is 23.8 Å². The van der Waals surface area contributed by atoms with Gasteiger partial charge in [0.1, 0.15) is 11.5 Å². The van der Waals surface area contributed by atoms with Gasteiger partial charge in [-0.15, -0.1) is 0 Å². The number of phenolic OH excluding ortho intramolecular Hbond substituents is 1. The maximum Gasteiger partial charge on any atom is 0.172 e. The number of phenols is 1. The van der Waals surface area contributed by atoms with Crippen molar-refractivity contribution in [3.05, 3.63) is 35.6 Å². The molecule has 6 nitrogen and oxygen atoms in total. The van der Waals surface area contributed by atoms with Crippen LogP contribution in [0.25, 0.3) is 0 Å². The Hall–Kier alpha value is -1.89. The highest BCUT2D eigenvalue weighted by Crippen LogP contribution is 2.69. The van der Waals surface area contributed by atoms with Gasteiger partial charge in [0.15, 0.2) is 11.4 Å². The van der Waals surface area contributed by atoms with Crippen molar-refractivity contribution in [2.45, 2.75) is 49.9 Å². The predicted molar refractivity (Wildman–Crippen MR) is 90.5 cm³/mol. The molecule has 0 radical (unpaired) electrons. The second kappa shape index (κ2) is 4.50. The Bertz CT molecular complexity index is 873. The van der Waals surface area contributed by atoms with Crippen molar-refractivity contribution >= 4 is 5.78 Å². The molecule has 1 heterocycles. The Morgan fingerprint density at radius 1 is 1.23 bits per heavy atom. The molecule has 138 valence electrons. The number of aliphatic hydroxyl groups excluding tert-OH is 1. The zero-order valence-electron chi connectivity index (χ0n) is 14.6. The summed E-state index contributed by atoms with van der Waals surface area (Å²) in [4.78, 5) is 12.9. The van der Waals surface area contributed by atoms with E-state index < -0.39 is 34.4 Å². The summed E-state index contributed by atoms with van der Waals surface area (Å²) >= 11 is 0. The molecule has 3 aliphatic carbocycles. The van der Waals surface area contributed by atoms with Crippen LogP contribution in [0.1, 0.15) is 38.2 Å². The lowest BCUT2D eigenvalue weighted by atomic mass is 9.49. The minimum absolute atomic E-state index is 0.0772. The average molecular weight is 358 g/mol. The molecule has 3 fully saturated rings. The SMILES string of the molecule is CC1(C)C2C(=COc3cc(O)ccc32)[C@]2(O)C(=O)C[C@@]3(O)C[C@H]1C2[C@H]3O. The van der Waals surface area contributed by atoms with Gasteiger partial charge in [0.2, 0.25) is 0 Å². The number of ketones is 1. The molecule has 5 rings (SSSR count). The average Bonchev–Trinajstić information content (AvgIpc) is 2.79. The van der Waals surface area contributed by atoms with Gasteiger partial charge in [0.25, 0.3) is 0 Å². The zero-order chi connectivity index (χ0) is 18.6. The number of carbonyl (C=O) groups is 1. The van der Waals surface area contributed by atoms with Crippen LogP contribution in [-0.4, -0.2) is 43.5 Å². The molecule has 26 heavy (non-hydrogen) atoms. The van der Waals surface area contributed by atoms with Crippen molar-refractivity contribution in [3.63, 3.8) is 0 Å². The zero-order valence-corrected chi connectivity index (χ0v) is 14.6. The lowest BCUT2D eigenvalue weighted by molar-refractivity contribution is -0.180. The molecule has 1 aromatic rings. The molecular formula is C20H22O6. The Balaban J connectivity index is 1.77. The van der Waals surface area contributed by atoms with Crippen LogP contribution in [-0.2, 0) is 4.79 Å².